The lowest BCUT2D eigenvalue weighted by Crippen LogP contribution is -2.24. The molecule has 5 nitrogen and oxygen atoms in total. The summed E-state index contributed by atoms with van der Waals surface area (Å²) in [5, 5.41) is 3.99. The van der Waals surface area contributed by atoms with E-state index in [0.717, 1.165) is 15.8 Å². The van der Waals surface area contributed by atoms with E-state index in [2.05, 4.69) is 40.3 Å². The van der Waals surface area contributed by atoms with E-state index in [-0.39, 0.29) is 12.5 Å². The van der Waals surface area contributed by atoms with Crippen molar-refractivity contribution in [1.29, 1.82) is 0 Å². The first kappa shape index (κ1) is 21.6. The fourth-order valence-electron chi connectivity index (χ4n) is 2.63. The van der Waals surface area contributed by atoms with E-state index < -0.39 is 0 Å². The van der Waals surface area contributed by atoms with Gasteiger partial charge in [-0.1, -0.05) is 50.2 Å². The molecule has 0 heterocycles. The Morgan fingerprint density at radius 2 is 1.80 bits per heavy atom. The SMILES string of the molecule is CC(C)c1ccc(OCC(=O)NN=Cc2cccc(Oc3ccccc3)c2)c(Br)c1. The lowest BCUT2D eigenvalue weighted by Gasteiger charge is -2.10. The molecule has 3 aromatic carbocycles. The molecular formula is C24H23BrN2O3. The van der Waals surface area contributed by atoms with Gasteiger partial charge in [-0.05, 0) is 69.4 Å². The number of amides is 1. The van der Waals surface area contributed by atoms with Crippen molar-refractivity contribution < 1.29 is 14.3 Å². The third-order valence-corrected chi connectivity index (χ3v) is 4.84. The lowest BCUT2D eigenvalue weighted by molar-refractivity contribution is -0.123. The summed E-state index contributed by atoms with van der Waals surface area (Å²) in [4.78, 5) is 12.0. The average Bonchev–Trinajstić information content (AvgIpc) is 2.74. The highest BCUT2D eigenvalue weighted by atomic mass is 79.9. The van der Waals surface area contributed by atoms with Crippen molar-refractivity contribution in [3.63, 3.8) is 0 Å². The normalized spacial score (nSPS) is 10.9. The highest BCUT2D eigenvalue weighted by Crippen LogP contribution is 2.28. The molecule has 0 aromatic heterocycles. The molecule has 0 unspecified atom stereocenters. The number of nitrogens with zero attached hydrogens (tertiary/aromatic N) is 1. The molecule has 3 aromatic rings. The average molecular weight is 467 g/mol. The minimum Gasteiger partial charge on any atom is -0.483 e. The van der Waals surface area contributed by atoms with Crippen molar-refractivity contribution in [2.75, 3.05) is 6.61 Å². The third-order valence-electron chi connectivity index (χ3n) is 4.22. The number of nitrogens with one attached hydrogen (secondary N) is 1. The number of carbonyl (C=O) groups is 1. The van der Waals surface area contributed by atoms with Crippen molar-refractivity contribution in [2.45, 2.75) is 19.8 Å². The van der Waals surface area contributed by atoms with Crippen molar-refractivity contribution >= 4 is 28.1 Å². The molecule has 1 N–H and O–H groups in total. The van der Waals surface area contributed by atoms with E-state index in [1.165, 1.54) is 5.56 Å². The van der Waals surface area contributed by atoms with Gasteiger partial charge >= 0.3 is 0 Å². The van der Waals surface area contributed by atoms with E-state index in [0.29, 0.717) is 17.4 Å². The van der Waals surface area contributed by atoms with Gasteiger partial charge in [0.05, 0.1) is 10.7 Å². The van der Waals surface area contributed by atoms with Gasteiger partial charge in [0.15, 0.2) is 6.61 Å². The Balaban J connectivity index is 1.50. The highest BCUT2D eigenvalue weighted by molar-refractivity contribution is 9.10. The van der Waals surface area contributed by atoms with Crippen molar-refractivity contribution in [1.82, 2.24) is 5.43 Å². The molecular weight excluding hydrogens is 444 g/mol. The summed E-state index contributed by atoms with van der Waals surface area (Å²) in [6, 6.07) is 22.8. The molecule has 0 aliphatic heterocycles. The van der Waals surface area contributed by atoms with Crippen LogP contribution in [0.1, 0.15) is 30.9 Å². The molecule has 154 valence electrons. The summed E-state index contributed by atoms with van der Waals surface area (Å²) in [6.07, 6.45) is 1.56. The van der Waals surface area contributed by atoms with E-state index in [9.17, 15) is 4.79 Å². The maximum Gasteiger partial charge on any atom is 0.277 e. The van der Waals surface area contributed by atoms with Crippen LogP contribution in [0.2, 0.25) is 0 Å². The Labute approximate surface area is 184 Å². The molecule has 0 fully saturated rings. The van der Waals surface area contributed by atoms with Gasteiger partial charge < -0.3 is 9.47 Å². The number of carbonyl (C=O) groups excluding carboxylic acids is 1. The standard InChI is InChI=1S/C24H23BrN2O3/c1-17(2)19-11-12-23(22(25)14-19)29-16-24(28)27-26-15-18-7-6-10-21(13-18)30-20-8-4-3-5-9-20/h3-15,17H,16H2,1-2H3,(H,27,28). The molecule has 3 rings (SSSR count). The highest BCUT2D eigenvalue weighted by Gasteiger charge is 2.07. The third kappa shape index (κ3) is 6.46. The molecule has 1 amide bonds. The second-order valence-corrected chi connectivity index (χ2v) is 7.77. The minimum absolute atomic E-state index is 0.131. The van der Waals surface area contributed by atoms with Gasteiger partial charge in [-0.15, -0.1) is 0 Å². The number of hydrogen-bond acceptors (Lipinski definition) is 4. The number of hydrogen-bond donors (Lipinski definition) is 1. The van der Waals surface area contributed by atoms with Crippen LogP contribution >= 0.6 is 15.9 Å². The molecule has 0 bridgehead atoms. The summed E-state index contributed by atoms with van der Waals surface area (Å²) in [6.45, 7) is 4.11. The maximum absolute atomic E-state index is 12.0. The number of rotatable bonds is 8. The zero-order chi connectivity index (χ0) is 21.3. The Morgan fingerprint density at radius 3 is 2.53 bits per heavy atom. The van der Waals surface area contributed by atoms with Crippen LogP contribution in [0.15, 0.2) is 82.4 Å². The molecule has 0 aliphatic rings. The predicted octanol–water partition coefficient (Wildman–Crippen LogP) is 5.89. The summed E-state index contributed by atoms with van der Waals surface area (Å²) in [5.74, 6) is 2.13. The van der Waals surface area contributed by atoms with Gasteiger partial charge in [-0.2, -0.15) is 5.10 Å². The largest absolute Gasteiger partial charge is 0.483 e. The predicted molar refractivity (Wildman–Crippen MR) is 122 cm³/mol. The summed E-state index contributed by atoms with van der Waals surface area (Å²) in [7, 11) is 0. The van der Waals surface area contributed by atoms with Crippen molar-refractivity contribution in [3.05, 3.63) is 88.4 Å². The Kier molecular flexibility index (Phi) is 7.63. The quantitative estimate of drug-likeness (QED) is 0.332. The fourth-order valence-corrected chi connectivity index (χ4v) is 3.14. The van der Waals surface area contributed by atoms with Gasteiger partial charge in [0, 0.05) is 0 Å². The molecule has 0 aliphatic carbocycles. The van der Waals surface area contributed by atoms with E-state index in [1.54, 1.807) is 6.21 Å². The van der Waals surface area contributed by atoms with Gasteiger partial charge in [0.1, 0.15) is 17.2 Å². The zero-order valence-electron chi connectivity index (χ0n) is 16.8. The first-order chi connectivity index (χ1) is 14.5. The minimum atomic E-state index is -0.345. The summed E-state index contributed by atoms with van der Waals surface area (Å²) >= 11 is 3.48. The van der Waals surface area contributed by atoms with Crippen LogP contribution in [0.4, 0.5) is 0 Å². The Hall–Kier alpha value is -3.12. The first-order valence-corrected chi connectivity index (χ1v) is 10.4. The van der Waals surface area contributed by atoms with Crippen LogP contribution in [-0.2, 0) is 4.79 Å². The smallest absolute Gasteiger partial charge is 0.277 e. The number of ether oxygens (including phenoxy) is 2. The van der Waals surface area contributed by atoms with Gasteiger partial charge in [0.25, 0.3) is 5.91 Å². The van der Waals surface area contributed by atoms with Crippen molar-refractivity contribution in [3.8, 4) is 17.2 Å². The zero-order valence-corrected chi connectivity index (χ0v) is 18.4. The number of halogens is 1. The van der Waals surface area contributed by atoms with Crippen molar-refractivity contribution in [2.24, 2.45) is 5.10 Å². The molecule has 0 saturated heterocycles. The van der Waals surface area contributed by atoms with Crippen LogP contribution in [0.3, 0.4) is 0 Å². The van der Waals surface area contributed by atoms with Crippen LogP contribution in [0, 0.1) is 0 Å². The Morgan fingerprint density at radius 1 is 1.03 bits per heavy atom. The second-order valence-electron chi connectivity index (χ2n) is 6.91. The van der Waals surface area contributed by atoms with E-state index in [4.69, 9.17) is 9.47 Å². The van der Waals surface area contributed by atoms with Gasteiger partial charge in [0.2, 0.25) is 0 Å². The molecule has 0 atom stereocenters. The summed E-state index contributed by atoms with van der Waals surface area (Å²) < 4.78 is 12.2. The van der Waals surface area contributed by atoms with E-state index >= 15 is 0 Å². The number of benzene rings is 3. The maximum atomic E-state index is 12.0. The molecule has 0 radical (unpaired) electrons. The summed E-state index contributed by atoms with van der Waals surface area (Å²) in [5.41, 5.74) is 4.47. The fraction of sp³-hybridized carbons (Fsp3) is 0.167. The molecule has 6 heteroatoms. The monoisotopic (exact) mass is 466 g/mol. The lowest BCUT2D eigenvalue weighted by atomic mass is 10.0. The first-order valence-electron chi connectivity index (χ1n) is 9.58. The number of hydrazone groups is 1. The number of para-hydroxylation sites is 1. The van der Waals surface area contributed by atoms with Crippen LogP contribution in [-0.4, -0.2) is 18.7 Å². The van der Waals surface area contributed by atoms with Crippen LogP contribution < -0.4 is 14.9 Å². The molecule has 30 heavy (non-hydrogen) atoms. The Bertz CT molecular complexity index is 1020. The van der Waals surface area contributed by atoms with Gasteiger partial charge in [-0.25, -0.2) is 5.43 Å². The molecule has 0 saturated carbocycles. The molecule has 0 spiro atoms. The second kappa shape index (κ2) is 10.6. The van der Waals surface area contributed by atoms with E-state index in [1.807, 2.05) is 72.8 Å². The van der Waals surface area contributed by atoms with Crippen LogP contribution in [0.5, 0.6) is 17.2 Å². The van der Waals surface area contributed by atoms with Gasteiger partial charge in [-0.3, -0.25) is 4.79 Å². The van der Waals surface area contributed by atoms with Crippen LogP contribution in [0.25, 0.3) is 0 Å². The topological polar surface area (TPSA) is 59.9 Å².